The molecule has 1 fully saturated rings. The Kier molecular flexibility index (Phi) is 5.80. The summed E-state index contributed by atoms with van der Waals surface area (Å²) in [5, 5.41) is 0. The number of rotatable bonds is 4. The standard InChI is InChI=1S/C21H30N2O2/c1-7-14-25-18-11-9-8-10-17(18)15-23-13-12-22(16-21(23,5)6)19(24)20(2,3)4/h1,8-11H,12-16H2,2-6H3. The Morgan fingerprint density at radius 3 is 2.56 bits per heavy atom. The van der Waals surface area contributed by atoms with Gasteiger partial charge in [0.2, 0.25) is 5.91 Å². The van der Waals surface area contributed by atoms with Gasteiger partial charge in [0.05, 0.1) is 0 Å². The van der Waals surface area contributed by atoms with Crippen molar-refractivity contribution in [2.75, 3.05) is 26.2 Å². The molecule has 0 bridgehead atoms. The minimum absolute atomic E-state index is 0.0988. The van der Waals surface area contributed by atoms with Crippen molar-refractivity contribution in [3.63, 3.8) is 0 Å². The molecule has 2 rings (SSSR count). The Morgan fingerprint density at radius 1 is 1.28 bits per heavy atom. The quantitative estimate of drug-likeness (QED) is 0.788. The fourth-order valence-corrected chi connectivity index (χ4v) is 3.23. The summed E-state index contributed by atoms with van der Waals surface area (Å²) in [6, 6.07) is 8.01. The van der Waals surface area contributed by atoms with E-state index in [4.69, 9.17) is 11.2 Å². The maximum atomic E-state index is 12.6. The van der Waals surface area contributed by atoms with Crippen LogP contribution in [0, 0.1) is 17.8 Å². The maximum Gasteiger partial charge on any atom is 0.228 e. The van der Waals surface area contributed by atoms with E-state index in [9.17, 15) is 4.79 Å². The molecule has 1 aliphatic rings. The monoisotopic (exact) mass is 342 g/mol. The Hall–Kier alpha value is -1.99. The lowest BCUT2D eigenvalue weighted by molar-refractivity contribution is -0.144. The highest BCUT2D eigenvalue weighted by Gasteiger charge is 2.38. The van der Waals surface area contributed by atoms with Gasteiger partial charge in [-0.1, -0.05) is 44.9 Å². The van der Waals surface area contributed by atoms with Crippen LogP contribution in [0.2, 0.25) is 0 Å². The lowest BCUT2D eigenvalue weighted by Gasteiger charge is -2.48. The van der Waals surface area contributed by atoms with Gasteiger partial charge in [-0.15, -0.1) is 6.42 Å². The minimum Gasteiger partial charge on any atom is -0.481 e. The fraction of sp³-hybridized carbons (Fsp3) is 0.571. The second kappa shape index (κ2) is 7.49. The van der Waals surface area contributed by atoms with Gasteiger partial charge in [-0.25, -0.2) is 0 Å². The van der Waals surface area contributed by atoms with E-state index in [1.54, 1.807) is 0 Å². The number of carbonyl (C=O) groups excluding carboxylic acids is 1. The summed E-state index contributed by atoms with van der Waals surface area (Å²) in [7, 11) is 0. The van der Waals surface area contributed by atoms with Gasteiger partial charge in [-0.3, -0.25) is 9.69 Å². The normalized spacial score (nSPS) is 17.8. The van der Waals surface area contributed by atoms with Crippen molar-refractivity contribution in [3.8, 4) is 18.1 Å². The number of benzene rings is 1. The Labute approximate surface area is 152 Å². The van der Waals surface area contributed by atoms with E-state index < -0.39 is 0 Å². The molecule has 1 aromatic carbocycles. The second-order valence-corrected chi connectivity index (χ2v) is 8.31. The third-order valence-electron chi connectivity index (χ3n) is 4.65. The Morgan fingerprint density at radius 2 is 1.96 bits per heavy atom. The number of terminal acetylenes is 1. The van der Waals surface area contributed by atoms with E-state index >= 15 is 0 Å². The zero-order chi connectivity index (χ0) is 18.7. The zero-order valence-corrected chi connectivity index (χ0v) is 16.1. The molecule has 1 heterocycles. The van der Waals surface area contributed by atoms with Crippen molar-refractivity contribution in [1.29, 1.82) is 0 Å². The largest absolute Gasteiger partial charge is 0.481 e. The summed E-state index contributed by atoms with van der Waals surface area (Å²) < 4.78 is 5.67. The molecule has 1 amide bonds. The van der Waals surface area contributed by atoms with E-state index in [0.29, 0.717) is 0 Å². The molecule has 0 aromatic heterocycles. The van der Waals surface area contributed by atoms with Crippen LogP contribution in [-0.4, -0.2) is 47.5 Å². The minimum atomic E-state index is -0.339. The molecule has 1 aliphatic heterocycles. The Balaban J connectivity index is 2.10. The molecule has 0 spiro atoms. The van der Waals surface area contributed by atoms with Gasteiger partial charge < -0.3 is 9.64 Å². The first-order valence-electron chi connectivity index (χ1n) is 8.84. The van der Waals surface area contributed by atoms with Crippen molar-refractivity contribution >= 4 is 5.91 Å². The van der Waals surface area contributed by atoms with E-state index in [0.717, 1.165) is 37.5 Å². The molecule has 4 heteroatoms. The number of para-hydroxylation sites is 1. The summed E-state index contributed by atoms with van der Waals surface area (Å²) in [5.41, 5.74) is 0.688. The van der Waals surface area contributed by atoms with Crippen molar-refractivity contribution in [1.82, 2.24) is 9.80 Å². The Bertz CT molecular complexity index is 653. The van der Waals surface area contributed by atoms with Crippen LogP contribution in [0.5, 0.6) is 5.75 Å². The number of amides is 1. The molecule has 4 nitrogen and oxygen atoms in total. The number of hydrogen-bond donors (Lipinski definition) is 0. The van der Waals surface area contributed by atoms with E-state index in [1.165, 1.54) is 0 Å². The van der Waals surface area contributed by atoms with Gasteiger partial charge in [0, 0.05) is 42.7 Å². The van der Waals surface area contributed by atoms with Gasteiger partial charge in [0.15, 0.2) is 0 Å². The average Bonchev–Trinajstić information content (AvgIpc) is 2.54. The fourth-order valence-electron chi connectivity index (χ4n) is 3.23. The highest BCUT2D eigenvalue weighted by Crippen LogP contribution is 2.29. The number of nitrogens with zero attached hydrogens (tertiary/aromatic N) is 2. The van der Waals surface area contributed by atoms with Crippen LogP contribution in [-0.2, 0) is 11.3 Å². The number of ether oxygens (including phenoxy) is 1. The second-order valence-electron chi connectivity index (χ2n) is 8.31. The van der Waals surface area contributed by atoms with E-state index in [-0.39, 0.29) is 23.5 Å². The molecule has 0 unspecified atom stereocenters. The SMILES string of the molecule is C#CCOc1ccccc1CN1CCN(C(=O)C(C)(C)C)CC1(C)C. The van der Waals surface area contributed by atoms with Crippen LogP contribution in [0.15, 0.2) is 24.3 Å². The van der Waals surface area contributed by atoms with E-state index in [1.807, 2.05) is 43.9 Å². The van der Waals surface area contributed by atoms with Gasteiger partial charge >= 0.3 is 0 Å². The highest BCUT2D eigenvalue weighted by atomic mass is 16.5. The molecule has 0 atom stereocenters. The third-order valence-corrected chi connectivity index (χ3v) is 4.65. The summed E-state index contributed by atoms with van der Waals surface area (Å²) >= 11 is 0. The first kappa shape index (κ1) is 19.3. The van der Waals surface area contributed by atoms with Crippen molar-refractivity contribution < 1.29 is 9.53 Å². The molecule has 1 aromatic rings. The maximum absolute atomic E-state index is 12.6. The van der Waals surface area contributed by atoms with Crippen LogP contribution in [0.4, 0.5) is 0 Å². The summed E-state index contributed by atoms with van der Waals surface area (Å²) in [5.74, 6) is 3.57. The van der Waals surface area contributed by atoms with Crippen molar-refractivity contribution in [3.05, 3.63) is 29.8 Å². The first-order chi connectivity index (χ1) is 11.6. The van der Waals surface area contributed by atoms with Crippen LogP contribution in [0.3, 0.4) is 0 Å². The van der Waals surface area contributed by atoms with Crippen molar-refractivity contribution in [2.45, 2.75) is 46.7 Å². The van der Waals surface area contributed by atoms with Crippen LogP contribution in [0.25, 0.3) is 0 Å². The van der Waals surface area contributed by atoms with Gasteiger partial charge in [-0.05, 0) is 19.9 Å². The number of carbonyl (C=O) groups is 1. The predicted molar refractivity (Wildman–Crippen MR) is 101 cm³/mol. The smallest absolute Gasteiger partial charge is 0.228 e. The van der Waals surface area contributed by atoms with Crippen molar-refractivity contribution in [2.24, 2.45) is 5.41 Å². The van der Waals surface area contributed by atoms with Gasteiger partial charge in [-0.2, -0.15) is 0 Å². The molecule has 25 heavy (non-hydrogen) atoms. The van der Waals surface area contributed by atoms with Crippen LogP contribution < -0.4 is 4.74 Å². The number of hydrogen-bond acceptors (Lipinski definition) is 3. The molecule has 0 N–H and O–H groups in total. The molecule has 0 radical (unpaired) electrons. The third kappa shape index (κ3) is 4.76. The summed E-state index contributed by atoms with van der Waals surface area (Å²) in [6.07, 6.45) is 5.31. The van der Waals surface area contributed by atoms with Crippen LogP contribution >= 0.6 is 0 Å². The predicted octanol–water partition coefficient (Wildman–Crippen LogP) is 3.17. The summed E-state index contributed by atoms with van der Waals surface area (Å²) in [6.45, 7) is 13.7. The lowest BCUT2D eigenvalue weighted by atomic mass is 9.91. The van der Waals surface area contributed by atoms with Gasteiger partial charge in [0.1, 0.15) is 12.4 Å². The molecular weight excluding hydrogens is 312 g/mol. The summed E-state index contributed by atoms with van der Waals surface area (Å²) in [4.78, 5) is 17.0. The lowest BCUT2D eigenvalue weighted by Crippen LogP contribution is -2.61. The molecule has 0 aliphatic carbocycles. The van der Waals surface area contributed by atoms with Gasteiger partial charge in [0.25, 0.3) is 0 Å². The zero-order valence-electron chi connectivity index (χ0n) is 16.1. The molecular formula is C21H30N2O2. The first-order valence-corrected chi connectivity index (χ1v) is 8.84. The van der Waals surface area contributed by atoms with E-state index in [2.05, 4.69) is 30.7 Å². The highest BCUT2D eigenvalue weighted by molar-refractivity contribution is 5.81. The van der Waals surface area contributed by atoms with Crippen LogP contribution in [0.1, 0.15) is 40.2 Å². The molecule has 0 saturated carbocycles. The number of piperazine rings is 1. The average molecular weight is 342 g/mol. The molecule has 1 saturated heterocycles. The molecule has 136 valence electrons. The topological polar surface area (TPSA) is 32.8 Å².